The fraction of sp³-hybridized carbons (Fsp3) is 0.250. The number of amides is 1. The third-order valence-electron chi connectivity index (χ3n) is 3.17. The number of carbonyl (C=O) groups excluding carboxylic acids is 1. The van der Waals surface area contributed by atoms with E-state index in [2.05, 4.69) is 22.5 Å². The summed E-state index contributed by atoms with van der Waals surface area (Å²) >= 11 is 0. The van der Waals surface area contributed by atoms with Crippen molar-refractivity contribution in [3.63, 3.8) is 0 Å². The average Bonchev–Trinajstić information content (AvgIpc) is 2.47. The Bertz CT molecular complexity index is 606. The second kappa shape index (κ2) is 6.19. The molecule has 0 fully saturated rings. The molecule has 0 saturated carbocycles. The molecule has 1 heterocycles. The predicted octanol–water partition coefficient (Wildman–Crippen LogP) is 3.25. The van der Waals surface area contributed by atoms with Gasteiger partial charge in [0.1, 0.15) is 0 Å². The zero-order chi connectivity index (χ0) is 14.5. The minimum absolute atomic E-state index is 0.161. The van der Waals surface area contributed by atoms with E-state index in [9.17, 15) is 4.79 Å². The Morgan fingerprint density at radius 3 is 2.55 bits per heavy atom. The van der Waals surface area contributed by atoms with Crippen LogP contribution in [0.3, 0.4) is 0 Å². The van der Waals surface area contributed by atoms with Gasteiger partial charge in [-0.3, -0.25) is 9.78 Å². The van der Waals surface area contributed by atoms with Crippen LogP contribution in [-0.4, -0.2) is 17.9 Å². The molecule has 2 aromatic rings. The first kappa shape index (κ1) is 14.1. The molecule has 0 atom stereocenters. The lowest BCUT2D eigenvalue weighted by molar-refractivity contribution is 0.102. The Morgan fingerprint density at radius 1 is 1.25 bits per heavy atom. The van der Waals surface area contributed by atoms with Crippen molar-refractivity contribution in [2.24, 2.45) is 0 Å². The summed E-state index contributed by atoms with van der Waals surface area (Å²) in [6.45, 7) is 4.00. The smallest absolute Gasteiger partial charge is 0.259 e. The van der Waals surface area contributed by atoms with Crippen LogP contribution < -0.4 is 10.6 Å². The Morgan fingerprint density at radius 2 is 1.95 bits per heavy atom. The maximum Gasteiger partial charge on any atom is 0.259 e. The van der Waals surface area contributed by atoms with Crippen LogP contribution in [0.15, 0.2) is 36.5 Å². The van der Waals surface area contributed by atoms with Crippen LogP contribution in [0.4, 0.5) is 11.4 Å². The van der Waals surface area contributed by atoms with Gasteiger partial charge in [-0.15, -0.1) is 0 Å². The molecule has 1 aromatic heterocycles. The van der Waals surface area contributed by atoms with Crippen molar-refractivity contribution < 1.29 is 4.79 Å². The second-order valence-electron chi connectivity index (χ2n) is 4.63. The molecule has 0 aliphatic rings. The first-order valence-electron chi connectivity index (χ1n) is 6.68. The number of carbonyl (C=O) groups is 1. The largest absolute Gasteiger partial charge is 0.387 e. The van der Waals surface area contributed by atoms with Gasteiger partial charge in [-0.1, -0.05) is 19.1 Å². The van der Waals surface area contributed by atoms with Crippen LogP contribution in [0, 0.1) is 6.92 Å². The number of aromatic nitrogens is 1. The third-order valence-corrected chi connectivity index (χ3v) is 3.17. The van der Waals surface area contributed by atoms with Crippen molar-refractivity contribution in [3.8, 4) is 0 Å². The summed E-state index contributed by atoms with van der Waals surface area (Å²) in [6.07, 6.45) is 2.58. The third kappa shape index (κ3) is 3.15. The lowest BCUT2D eigenvalue weighted by Crippen LogP contribution is -2.14. The molecule has 2 rings (SSSR count). The highest BCUT2D eigenvalue weighted by Gasteiger charge is 2.11. The summed E-state index contributed by atoms with van der Waals surface area (Å²) in [5, 5.41) is 5.91. The molecule has 0 radical (unpaired) electrons. The number of nitrogens with zero attached hydrogens (tertiary/aromatic N) is 1. The van der Waals surface area contributed by atoms with E-state index in [1.807, 2.05) is 37.3 Å². The van der Waals surface area contributed by atoms with Gasteiger partial charge in [0.2, 0.25) is 0 Å². The van der Waals surface area contributed by atoms with Crippen LogP contribution in [-0.2, 0) is 6.42 Å². The first-order valence-corrected chi connectivity index (χ1v) is 6.68. The second-order valence-corrected chi connectivity index (χ2v) is 4.63. The SMILES string of the molecule is CCc1ccc(NC(=O)c2cnc(C)cc2NC)cc1. The van der Waals surface area contributed by atoms with Gasteiger partial charge in [-0.05, 0) is 37.1 Å². The molecule has 1 amide bonds. The molecule has 0 aliphatic carbocycles. The lowest BCUT2D eigenvalue weighted by Gasteiger charge is -2.10. The van der Waals surface area contributed by atoms with E-state index in [1.54, 1.807) is 13.2 Å². The topological polar surface area (TPSA) is 54.0 Å². The van der Waals surface area contributed by atoms with Gasteiger partial charge >= 0.3 is 0 Å². The van der Waals surface area contributed by atoms with Crippen LogP contribution in [0.5, 0.6) is 0 Å². The monoisotopic (exact) mass is 269 g/mol. The number of pyridine rings is 1. The maximum absolute atomic E-state index is 12.3. The Labute approximate surface area is 119 Å². The van der Waals surface area contributed by atoms with Crippen molar-refractivity contribution in [2.75, 3.05) is 17.7 Å². The first-order chi connectivity index (χ1) is 9.63. The fourth-order valence-electron chi connectivity index (χ4n) is 1.97. The van der Waals surface area contributed by atoms with Crippen LogP contribution in [0.25, 0.3) is 0 Å². The Balaban J connectivity index is 2.19. The van der Waals surface area contributed by atoms with Gasteiger partial charge in [-0.2, -0.15) is 0 Å². The molecule has 4 nitrogen and oxygen atoms in total. The summed E-state index contributed by atoms with van der Waals surface area (Å²) in [6, 6.07) is 9.72. The molecule has 4 heteroatoms. The quantitative estimate of drug-likeness (QED) is 0.895. The van der Waals surface area contributed by atoms with E-state index in [0.717, 1.165) is 23.5 Å². The minimum Gasteiger partial charge on any atom is -0.387 e. The zero-order valence-corrected chi connectivity index (χ0v) is 12.0. The van der Waals surface area contributed by atoms with Crippen molar-refractivity contribution in [1.29, 1.82) is 0 Å². The summed E-state index contributed by atoms with van der Waals surface area (Å²) < 4.78 is 0. The zero-order valence-electron chi connectivity index (χ0n) is 12.0. The molecule has 0 saturated heterocycles. The number of rotatable bonds is 4. The van der Waals surface area contributed by atoms with Crippen molar-refractivity contribution in [2.45, 2.75) is 20.3 Å². The number of hydrogen-bond donors (Lipinski definition) is 2. The molecule has 104 valence electrons. The fourth-order valence-corrected chi connectivity index (χ4v) is 1.97. The average molecular weight is 269 g/mol. The van der Waals surface area contributed by atoms with E-state index < -0.39 is 0 Å². The van der Waals surface area contributed by atoms with E-state index >= 15 is 0 Å². The van der Waals surface area contributed by atoms with Crippen LogP contribution in [0.1, 0.15) is 28.5 Å². The highest BCUT2D eigenvalue weighted by atomic mass is 16.1. The molecule has 0 spiro atoms. The van der Waals surface area contributed by atoms with Crippen molar-refractivity contribution in [3.05, 3.63) is 53.3 Å². The van der Waals surface area contributed by atoms with Crippen molar-refractivity contribution in [1.82, 2.24) is 4.98 Å². The number of hydrogen-bond acceptors (Lipinski definition) is 3. The predicted molar refractivity (Wildman–Crippen MR) is 82.3 cm³/mol. The Kier molecular flexibility index (Phi) is 4.35. The molecule has 2 N–H and O–H groups in total. The van der Waals surface area contributed by atoms with Gasteiger partial charge in [-0.25, -0.2) is 0 Å². The van der Waals surface area contributed by atoms with Gasteiger partial charge in [0, 0.05) is 24.6 Å². The summed E-state index contributed by atoms with van der Waals surface area (Å²) in [4.78, 5) is 16.4. The van der Waals surface area contributed by atoms with Gasteiger partial charge in [0.05, 0.1) is 11.3 Å². The number of benzene rings is 1. The van der Waals surface area contributed by atoms with Crippen LogP contribution in [0.2, 0.25) is 0 Å². The number of nitrogens with one attached hydrogen (secondary N) is 2. The van der Waals surface area contributed by atoms with Crippen LogP contribution >= 0.6 is 0 Å². The van der Waals surface area contributed by atoms with Gasteiger partial charge < -0.3 is 10.6 Å². The molecular weight excluding hydrogens is 250 g/mol. The van der Waals surface area contributed by atoms with Gasteiger partial charge in [0.15, 0.2) is 0 Å². The summed E-state index contributed by atoms with van der Waals surface area (Å²) in [7, 11) is 1.79. The standard InChI is InChI=1S/C16H19N3O/c1-4-12-5-7-13(8-6-12)19-16(20)14-10-18-11(2)9-15(14)17-3/h5-10H,4H2,1-3H3,(H,17,18)(H,19,20). The van der Waals surface area contributed by atoms with E-state index in [1.165, 1.54) is 5.56 Å². The number of anilines is 2. The minimum atomic E-state index is -0.161. The molecule has 1 aromatic carbocycles. The maximum atomic E-state index is 12.3. The molecular formula is C16H19N3O. The van der Waals surface area contributed by atoms with E-state index in [0.29, 0.717) is 5.56 Å². The molecule has 0 aliphatic heterocycles. The summed E-state index contributed by atoms with van der Waals surface area (Å²) in [5.74, 6) is -0.161. The highest BCUT2D eigenvalue weighted by molar-refractivity contribution is 6.07. The highest BCUT2D eigenvalue weighted by Crippen LogP contribution is 2.17. The van der Waals surface area contributed by atoms with E-state index in [4.69, 9.17) is 0 Å². The summed E-state index contributed by atoms with van der Waals surface area (Å²) in [5.41, 5.74) is 4.22. The lowest BCUT2D eigenvalue weighted by atomic mass is 10.1. The Hall–Kier alpha value is -2.36. The molecule has 20 heavy (non-hydrogen) atoms. The van der Waals surface area contributed by atoms with Crippen molar-refractivity contribution >= 4 is 17.3 Å². The van der Waals surface area contributed by atoms with Gasteiger partial charge in [0.25, 0.3) is 5.91 Å². The number of aryl methyl sites for hydroxylation is 2. The molecule has 0 unspecified atom stereocenters. The molecule has 0 bridgehead atoms. The van der Waals surface area contributed by atoms with E-state index in [-0.39, 0.29) is 5.91 Å². The normalized spacial score (nSPS) is 10.2.